The lowest BCUT2D eigenvalue weighted by atomic mass is 9.97. The summed E-state index contributed by atoms with van der Waals surface area (Å²) in [7, 11) is 3.78. The van der Waals surface area contributed by atoms with Gasteiger partial charge in [-0.05, 0) is 51.1 Å². The van der Waals surface area contributed by atoms with E-state index in [2.05, 4.69) is 55.4 Å². The van der Waals surface area contributed by atoms with Crippen molar-refractivity contribution in [1.29, 1.82) is 0 Å². The van der Waals surface area contributed by atoms with Gasteiger partial charge in [0.25, 0.3) is 0 Å². The van der Waals surface area contributed by atoms with Crippen LogP contribution in [0.2, 0.25) is 0 Å². The van der Waals surface area contributed by atoms with E-state index in [0.29, 0.717) is 12.1 Å². The van der Waals surface area contributed by atoms with Crippen molar-refractivity contribution in [1.82, 2.24) is 10.2 Å². The predicted molar refractivity (Wildman–Crippen MR) is 88.9 cm³/mol. The topological polar surface area (TPSA) is 24.5 Å². The van der Waals surface area contributed by atoms with E-state index in [0.717, 1.165) is 18.3 Å². The molecule has 0 bridgehead atoms. The summed E-state index contributed by atoms with van der Waals surface area (Å²) in [6.45, 7) is 5.77. The fraction of sp³-hybridized carbons (Fsp3) is 0.667. The van der Waals surface area contributed by atoms with Gasteiger partial charge in [0.05, 0.1) is 7.11 Å². The van der Waals surface area contributed by atoms with Crippen molar-refractivity contribution in [3.63, 3.8) is 0 Å². The van der Waals surface area contributed by atoms with Crippen LogP contribution in [-0.2, 0) is 0 Å². The number of hydrogen-bond acceptors (Lipinski definition) is 3. The van der Waals surface area contributed by atoms with Gasteiger partial charge in [-0.2, -0.15) is 0 Å². The van der Waals surface area contributed by atoms with Gasteiger partial charge in [0.15, 0.2) is 0 Å². The van der Waals surface area contributed by atoms with E-state index in [-0.39, 0.29) is 0 Å². The van der Waals surface area contributed by atoms with Gasteiger partial charge in [0.1, 0.15) is 5.75 Å². The molecule has 0 heterocycles. The third-order valence-corrected chi connectivity index (χ3v) is 4.95. The van der Waals surface area contributed by atoms with Crippen LogP contribution < -0.4 is 10.1 Å². The van der Waals surface area contributed by atoms with Crippen molar-refractivity contribution in [3.05, 3.63) is 29.8 Å². The van der Waals surface area contributed by atoms with Crippen LogP contribution in [0.3, 0.4) is 0 Å². The normalized spacial score (nSPS) is 18.9. The van der Waals surface area contributed by atoms with Gasteiger partial charge in [-0.1, -0.05) is 31.9 Å². The molecule has 0 spiro atoms. The third kappa shape index (κ3) is 3.78. The Kier molecular flexibility index (Phi) is 6.07. The highest BCUT2D eigenvalue weighted by molar-refractivity contribution is 5.29. The molecule has 1 fully saturated rings. The molecule has 2 rings (SSSR count). The monoisotopic (exact) mass is 290 g/mol. The molecule has 1 aromatic carbocycles. The molecule has 2 atom stereocenters. The van der Waals surface area contributed by atoms with E-state index in [1.807, 2.05) is 0 Å². The van der Waals surface area contributed by atoms with Gasteiger partial charge in [-0.25, -0.2) is 0 Å². The van der Waals surface area contributed by atoms with Crippen molar-refractivity contribution in [2.45, 2.75) is 57.7 Å². The van der Waals surface area contributed by atoms with Crippen LogP contribution in [0.25, 0.3) is 0 Å². The summed E-state index contributed by atoms with van der Waals surface area (Å²) >= 11 is 0. The minimum Gasteiger partial charge on any atom is -0.497 e. The Morgan fingerprint density at radius 2 is 1.86 bits per heavy atom. The van der Waals surface area contributed by atoms with Crippen molar-refractivity contribution in [3.8, 4) is 5.75 Å². The van der Waals surface area contributed by atoms with Gasteiger partial charge < -0.3 is 10.1 Å². The van der Waals surface area contributed by atoms with Crippen LogP contribution in [0.15, 0.2) is 24.3 Å². The lowest BCUT2D eigenvalue weighted by molar-refractivity contribution is 0.125. The highest BCUT2D eigenvalue weighted by Crippen LogP contribution is 2.29. The maximum Gasteiger partial charge on any atom is 0.118 e. The van der Waals surface area contributed by atoms with E-state index >= 15 is 0 Å². The van der Waals surface area contributed by atoms with Gasteiger partial charge >= 0.3 is 0 Å². The molecule has 118 valence electrons. The summed E-state index contributed by atoms with van der Waals surface area (Å²) in [4.78, 5) is 2.68. The Hall–Kier alpha value is -1.06. The number of ether oxygens (including phenoxy) is 1. The fourth-order valence-corrected chi connectivity index (χ4v) is 3.80. The van der Waals surface area contributed by atoms with Crippen LogP contribution in [0, 0.1) is 0 Å². The molecule has 0 saturated heterocycles. The van der Waals surface area contributed by atoms with Gasteiger partial charge in [0.2, 0.25) is 0 Å². The Labute approximate surface area is 129 Å². The van der Waals surface area contributed by atoms with E-state index in [4.69, 9.17) is 4.74 Å². The number of nitrogens with zero attached hydrogens (tertiary/aromatic N) is 1. The summed E-state index contributed by atoms with van der Waals surface area (Å²) in [5.41, 5.74) is 1.34. The zero-order chi connectivity index (χ0) is 15.2. The molecule has 0 aromatic heterocycles. The number of benzene rings is 1. The van der Waals surface area contributed by atoms with Crippen molar-refractivity contribution >= 4 is 0 Å². The maximum atomic E-state index is 5.26. The molecule has 1 aliphatic rings. The van der Waals surface area contributed by atoms with E-state index in [1.54, 1.807) is 7.11 Å². The van der Waals surface area contributed by atoms with Gasteiger partial charge in [-0.15, -0.1) is 0 Å². The van der Waals surface area contributed by atoms with Gasteiger partial charge in [0, 0.05) is 18.1 Å². The molecule has 0 aliphatic heterocycles. The lowest BCUT2D eigenvalue weighted by Gasteiger charge is -2.38. The van der Waals surface area contributed by atoms with E-state index in [1.165, 1.54) is 31.2 Å². The second-order valence-corrected chi connectivity index (χ2v) is 6.05. The molecule has 0 radical (unpaired) electrons. The summed E-state index contributed by atoms with van der Waals surface area (Å²) in [5.74, 6) is 0.921. The Balaban J connectivity index is 2.13. The van der Waals surface area contributed by atoms with Crippen molar-refractivity contribution in [2.75, 3.05) is 20.7 Å². The average molecular weight is 290 g/mol. The average Bonchev–Trinajstić information content (AvgIpc) is 3.03. The second-order valence-electron chi connectivity index (χ2n) is 6.05. The number of likely N-dealkylation sites (N-methyl/N-ethyl adjacent to an activating group) is 2. The number of nitrogens with one attached hydrogen (secondary N) is 1. The first-order valence-corrected chi connectivity index (χ1v) is 8.28. The fourth-order valence-electron chi connectivity index (χ4n) is 3.80. The summed E-state index contributed by atoms with van der Waals surface area (Å²) in [5, 5.41) is 3.51. The molecule has 1 N–H and O–H groups in total. The zero-order valence-corrected chi connectivity index (χ0v) is 13.9. The minimum absolute atomic E-state index is 0.358. The first-order valence-electron chi connectivity index (χ1n) is 8.28. The summed E-state index contributed by atoms with van der Waals surface area (Å²) in [6.07, 6.45) is 5.50. The SMILES string of the molecule is CCN(C1CCCC1)C(C)C(NC)c1ccc(OC)cc1. The molecule has 21 heavy (non-hydrogen) atoms. The second kappa shape index (κ2) is 7.81. The van der Waals surface area contributed by atoms with Crippen LogP contribution in [0.4, 0.5) is 0 Å². The number of rotatable bonds is 7. The summed E-state index contributed by atoms with van der Waals surface area (Å²) in [6, 6.07) is 10.1. The third-order valence-electron chi connectivity index (χ3n) is 4.95. The van der Waals surface area contributed by atoms with Crippen molar-refractivity contribution < 1.29 is 4.74 Å². The van der Waals surface area contributed by atoms with Crippen LogP contribution >= 0.6 is 0 Å². The standard InChI is InChI=1S/C18H30N2O/c1-5-20(16-8-6-7-9-16)14(2)18(19-3)15-10-12-17(21-4)13-11-15/h10-14,16,18-19H,5-9H2,1-4H3. The largest absolute Gasteiger partial charge is 0.497 e. The van der Waals surface area contributed by atoms with E-state index < -0.39 is 0 Å². The first kappa shape index (κ1) is 16.3. The Bertz CT molecular complexity index is 412. The molecule has 1 aromatic rings. The highest BCUT2D eigenvalue weighted by Gasteiger charge is 2.29. The van der Waals surface area contributed by atoms with Crippen LogP contribution in [0.1, 0.15) is 51.1 Å². The van der Waals surface area contributed by atoms with Gasteiger partial charge in [-0.3, -0.25) is 4.90 Å². The molecular weight excluding hydrogens is 260 g/mol. The molecule has 1 saturated carbocycles. The quantitative estimate of drug-likeness (QED) is 0.830. The first-order chi connectivity index (χ1) is 10.2. The highest BCUT2D eigenvalue weighted by atomic mass is 16.5. The molecule has 3 nitrogen and oxygen atoms in total. The van der Waals surface area contributed by atoms with Crippen LogP contribution in [-0.4, -0.2) is 37.7 Å². The molecule has 2 unspecified atom stereocenters. The Morgan fingerprint density at radius 3 is 2.33 bits per heavy atom. The Morgan fingerprint density at radius 1 is 1.24 bits per heavy atom. The number of hydrogen-bond donors (Lipinski definition) is 1. The molecule has 1 aliphatic carbocycles. The van der Waals surface area contributed by atoms with Crippen molar-refractivity contribution in [2.24, 2.45) is 0 Å². The lowest BCUT2D eigenvalue weighted by Crippen LogP contribution is -2.46. The van der Waals surface area contributed by atoms with E-state index in [9.17, 15) is 0 Å². The smallest absolute Gasteiger partial charge is 0.118 e. The molecule has 3 heteroatoms. The maximum absolute atomic E-state index is 5.26. The zero-order valence-electron chi connectivity index (χ0n) is 13.9. The molecular formula is C18H30N2O. The minimum atomic E-state index is 0.358. The molecule has 0 amide bonds. The predicted octanol–water partition coefficient (Wildman–Crippen LogP) is 3.61. The van der Waals surface area contributed by atoms with Crippen LogP contribution in [0.5, 0.6) is 5.75 Å². The summed E-state index contributed by atoms with van der Waals surface area (Å²) < 4.78 is 5.26. The number of methoxy groups -OCH3 is 1.